The van der Waals surface area contributed by atoms with E-state index in [-0.39, 0.29) is 5.91 Å². The molecule has 24 heavy (non-hydrogen) atoms. The number of hydrogen-bond donors (Lipinski definition) is 1. The molecule has 118 valence electrons. The Balaban J connectivity index is 1.54. The lowest BCUT2D eigenvalue weighted by Gasteiger charge is -2.08. The number of amides is 1. The zero-order valence-electron chi connectivity index (χ0n) is 12.7. The lowest BCUT2D eigenvalue weighted by molar-refractivity contribution is 0.0925. The Bertz CT molecular complexity index is 956. The lowest BCUT2D eigenvalue weighted by atomic mass is 10.1. The molecule has 0 aliphatic carbocycles. The van der Waals surface area contributed by atoms with Crippen LogP contribution < -0.4 is 5.32 Å². The maximum atomic E-state index is 12.4. The average Bonchev–Trinajstić information content (AvgIpc) is 3.29. The predicted octanol–water partition coefficient (Wildman–Crippen LogP) is 4.49. The smallest absolute Gasteiger partial charge is 0.287 e. The first-order chi connectivity index (χ1) is 11.8. The summed E-state index contributed by atoms with van der Waals surface area (Å²) < 4.78 is 5.59. The van der Waals surface area contributed by atoms with Crippen LogP contribution in [0.5, 0.6) is 0 Å². The van der Waals surface area contributed by atoms with Crippen molar-refractivity contribution >= 4 is 28.2 Å². The highest BCUT2D eigenvalue weighted by atomic mass is 32.1. The summed E-state index contributed by atoms with van der Waals surface area (Å²) in [5.74, 6) is 0.0866. The molecule has 0 bridgehead atoms. The Labute approximate surface area is 142 Å². The van der Waals surface area contributed by atoms with Crippen molar-refractivity contribution in [2.24, 2.45) is 0 Å². The summed E-state index contributed by atoms with van der Waals surface area (Å²) in [5.41, 5.74) is 3.64. The number of benzene rings is 1. The fourth-order valence-corrected chi connectivity index (χ4v) is 3.24. The van der Waals surface area contributed by atoms with E-state index in [0.717, 1.165) is 22.2 Å². The van der Waals surface area contributed by atoms with E-state index >= 15 is 0 Å². The molecule has 0 fully saturated rings. The fraction of sp³-hybridized carbons (Fsp3) is 0.0526. The molecule has 0 saturated carbocycles. The van der Waals surface area contributed by atoms with Crippen LogP contribution in [-0.2, 0) is 6.54 Å². The van der Waals surface area contributed by atoms with Crippen LogP contribution in [0.2, 0.25) is 0 Å². The third-order valence-electron chi connectivity index (χ3n) is 3.77. The molecule has 1 N–H and O–H groups in total. The molecule has 1 amide bonds. The molecule has 0 saturated heterocycles. The number of carbonyl (C=O) groups is 1. The van der Waals surface area contributed by atoms with Crippen LogP contribution in [0.25, 0.3) is 22.2 Å². The van der Waals surface area contributed by atoms with E-state index in [0.29, 0.717) is 17.9 Å². The molecule has 0 aliphatic heterocycles. The maximum Gasteiger partial charge on any atom is 0.287 e. The molecule has 0 aliphatic rings. The van der Waals surface area contributed by atoms with Gasteiger partial charge >= 0.3 is 0 Å². The highest BCUT2D eigenvalue weighted by Crippen LogP contribution is 2.24. The van der Waals surface area contributed by atoms with E-state index in [9.17, 15) is 4.79 Å². The molecule has 4 rings (SSSR count). The second-order valence-electron chi connectivity index (χ2n) is 5.35. The average molecular weight is 334 g/mol. The number of nitrogens with zero attached hydrogens (tertiary/aromatic N) is 1. The van der Waals surface area contributed by atoms with Gasteiger partial charge in [0.15, 0.2) is 5.76 Å². The van der Waals surface area contributed by atoms with Gasteiger partial charge in [0.2, 0.25) is 0 Å². The predicted molar refractivity (Wildman–Crippen MR) is 94.9 cm³/mol. The minimum absolute atomic E-state index is 0.230. The van der Waals surface area contributed by atoms with Crippen molar-refractivity contribution in [1.82, 2.24) is 10.3 Å². The van der Waals surface area contributed by atoms with E-state index < -0.39 is 0 Å². The highest BCUT2D eigenvalue weighted by molar-refractivity contribution is 7.08. The van der Waals surface area contributed by atoms with E-state index in [2.05, 4.69) is 10.3 Å². The number of fused-ring (bicyclic) bond motifs is 1. The molecule has 0 spiro atoms. The number of carbonyl (C=O) groups excluding carboxylic acids is 1. The van der Waals surface area contributed by atoms with Crippen molar-refractivity contribution in [3.8, 4) is 11.3 Å². The standard InChI is InChI=1S/C19H14N2O2S/c22-19(17-10-13-4-1-2-6-16(13)23-17)21-11-14-5-3-8-20-18(14)15-7-9-24-12-15/h1-10,12H,11H2,(H,21,22). The van der Waals surface area contributed by atoms with Gasteiger partial charge in [-0.25, -0.2) is 0 Å². The Morgan fingerprint density at radius 3 is 2.92 bits per heavy atom. The SMILES string of the molecule is O=C(NCc1cccnc1-c1ccsc1)c1cc2ccccc2o1. The molecule has 5 heteroatoms. The zero-order valence-corrected chi connectivity index (χ0v) is 13.5. The number of aromatic nitrogens is 1. The topological polar surface area (TPSA) is 55.1 Å². The van der Waals surface area contributed by atoms with Crippen LogP contribution in [0.4, 0.5) is 0 Å². The number of hydrogen-bond acceptors (Lipinski definition) is 4. The monoisotopic (exact) mass is 334 g/mol. The van der Waals surface area contributed by atoms with Gasteiger partial charge in [-0.1, -0.05) is 24.3 Å². The van der Waals surface area contributed by atoms with Crippen molar-refractivity contribution in [3.63, 3.8) is 0 Å². The van der Waals surface area contributed by atoms with E-state index in [1.54, 1.807) is 23.6 Å². The third kappa shape index (κ3) is 2.81. The Kier molecular flexibility index (Phi) is 3.84. The number of nitrogens with one attached hydrogen (secondary N) is 1. The Hall–Kier alpha value is -2.92. The molecule has 4 nitrogen and oxygen atoms in total. The van der Waals surface area contributed by atoms with Crippen LogP contribution >= 0.6 is 11.3 Å². The Morgan fingerprint density at radius 1 is 1.17 bits per heavy atom. The van der Waals surface area contributed by atoms with Crippen molar-refractivity contribution in [3.05, 3.63) is 76.8 Å². The molecule has 0 unspecified atom stereocenters. The molecule has 4 aromatic rings. The zero-order chi connectivity index (χ0) is 16.4. The molecule has 0 atom stereocenters. The highest BCUT2D eigenvalue weighted by Gasteiger charge is 2.13. The van der Waals surface area contributed by atoms with Crippen LogP contribution in [0, 0.1) is 0 Å². The number of thiophene rings is 1. The summed E-state index contributed by atoms with van der Waals surface area (Å²) in [6.07, 6.45) is 1.76. The van der Waals surface area contributed by atoms with Crippen molar-refractivity contribution in [2.75, 3.05) is 0 Å². The first kappa shape index (κ1) is 14.7. The fourth-order valence-electron chi connectivity index (χ4n) is 2.60. The van der Waals surface area contributed by atoms with Crippen molar-refractivity contribution in [1.29, 1.82) is 0 Å². The number of rotatable bonds is 4. The van der Waals surface area contributed by atoms with Crippen LogP contribution in [0.1, 0.15) is 16.1 Å². The molecule has 3 heterocycles. The molecule has 1 aromatic carbocycles. The van der Waals surface area contributed by atoms with Crippen LogP contribution in [0.15, 0.2) is 69.9 Å². The van der Waals surface area contributed by atoms with Gasteiger partial charge in [0.25, 0.3) is 5.91 Å². The molecule has 3 aromatic heterocycles. The molecular formula is C19H14N2O2S. The van der Waals surface area contributed by atoms with Gasteiger partial charge in [-0.2, -0.15) is 11.3 Å². The summed E-state index contributed by atoms with van der Waals surface area (Å²) in [6, 6.07) is 15.2. The van der Waals surface area contributed by atoms with Crippen molar-refractivity contribution < 1.29 is 9.21 Å². The van der Waals surface area contributed by atoms with Gasteiger partial charge in [0, 0.05) is 29.1 Å². The second-order valence-corrected chi connectivity index (χ2v) is 6.13. The van der Waals surface area contributed by atoms with E-state index in [1.165, 1.54) is 0 Å². The minimum Gasteiger partial charge on any atom is -0.451 e. The third-order valence-corrected chi connectivity index (χ3v) is 4.46. The van der Waals surface area contributed by atoms with Crippen LogP contribution in [-0.4, -0.2) is 10.9 Å². The van der Waals surface area contributed by atoms with E-state index in [1.807, 2.05) is 53.2 Å². The number of furan rings is 1. The number of pyridine rings is 1. The van der Waals surface area contributed by atoms with Gasteiger partial charge in [0.1, 0.15) is 5.58 Å². The van der Waals surface area contributed by atoms with Crippen LogP contribution in [0.3, 0.4) is 0 Å². The lowest BCUT2D eigenvalue weighted by Crippen LogP contribution is -2.22. The first-order valence-corrected chi connectivity index (χ1v) is 8.49. The van der Waals surface area contributed by atoms with E-state index in [4.69, 9.17) is 4.42 Å². The quantitative estimate of drug-likeness (QED) is 0.598. The maximum absolute atomic E-state index is 12.4. The summed E-state index contributed by atoms with van der Waals surface area (Å²) in [5, 5.41) is 7.89. The first-order valence-electron chi connectivity index (χ1n) is 7.54. The second kappa shape index (κ2) is 6.29. The molecular weight excluding hydrogens is 320 g/mol. The summed E-state index contributed by atoms with van der Waals surface area (Å²) >= 11 is 1.62. The van der Waals surface area contributed by atoms with Gasteiger partial charge in [0.05, 0.1) is 5.69 Å². The summed E-state index contributed by atoms with van der Waals surface area (Å²) in [7, 11) is 0. The summed E-state index contributed by atoms with van der Waals surface area (Å²) in [6.45, 7) is 0.398. The Morgan fingerprint density at radius 2 is 2.08 bits per heavy atom. The van der Waals surface area contributed by atoms with Gasteiger partial charge in [-0.05, 0) is 35.2 Å². The normalized spacial score (nSPS) is 10.8. The minimum atomic E-state index is -0.230. The number of para-hydroxylation sites is 1. The van der Waals surface area contributed by atoms with Gasteiger partial charge in [-0.15, -0.1) is 0 Å². The summed E-state index contributed by atoms with van der Waals surface area (Å²) in [4.78, 5) is 16.8. The largest absolute Gasteiger partial charge is 0.451 e. The van der Waals surface area contributed by atoms with Crippen molar-refractivity contribution in [2.45, 2.75) is 6.54 Å². The molecule has 0 radical (unpaired) electrons. The van der Waals surface area contributed by atoms with Gasteiger partial charge in [-0.3, -0.25) is 9.78 Å². The van der Waals surface area contributed by atoms with Gasteiger partial charge < -0.3 is 9.73 Å².